The predicted molar refractivity (Wildman–Crippen MR) is 147 cm³/mol. The molecule has 38 heavy (non-hydrogen) atoms. The van der Waals surface area contributed by atoms with Crippen LogP contribution in [0.5, 0.6) is 5.75 Å². The third-order valence-electron chi connectivity index (χ3n) is 8.11. The van der Waals surface area contributed by atoms with E-state index in [-0.39, 0.29) is 23.3 Å². The Kier molecular flexibility index (Phi) is 6.77. The van der Waals surface area contributed by atoms with Crippen LogP contribution < -0.4 is 15.8 Å². The SMILES string of the molecule is COc1cc(C(N)=O)cc(-c2ccc(Cc3c(C)sc(C)c3C(=O)NC3CC4(C3)CC(C(=O)O)C4)cc2)c1. The first kappa shape index (κ1) is 26.0. The highest BCUT2D eigenvalue weighted by Gasteiger charge is 2.55. The minimum absolute atomic E-state index is 0.0391. The van der Waals surface area contributed by atoms with Crippen LogP contribution in [-0.2, 0) is 11.2 Å². The van der Waals surface area contributed by atoms with Crippen molar-refractivity contribution in [3.8, 4) is 16.9 Å². The van der Waals surface area contributed by atoms with E-state index in [1.54, 1.807) is 30.6 Å². The molecule has 0 atom stereocenters. The number of ether oxygens (including phenoxy) is 1. The Hall–Kier alpha value is -3.65. The van der Waals surface area contributed by atoms with E-state index >= 15 is 0 Å². The molecule has 0 aliphatic heterocycles. The van der Waals surface area contributed by atoms with Crippen molar-refractivity contribution in [2.45, 2.75) is 52.0 Å². The van der Waals surface area contributed by atoms with Gasteiger partial charge in [-0.1, -0.05) is 24.3 Å². The molecule has 1 spiro atoms. The van der Waals surface area contributed by atoms with Crippen LogP contribution in [0.3, 0.4) is 0 Å². The molecule has 8 heteroatoms. The number of amides is 2. The van der Waals surface area contributed by atoms with Gasteiger partial charge in [0.05, 0.1) is 18.6 Å². The minimum Gasteiger partial charge on any atom is -0.497 e. The summed E-state index contributed by atoms with van der Waals surface area (Å²) in [5.74, 6) is -0.908. The Morgan fingerprint density at radius 1 is 1.03 bits per heavy atom. The smallest absolute Gasteiger partial charge is 0.306 e. The van der Waals surface area contributed by atoms with Gasteiger partial charge in [-0.05, 0) is 91.8 Å². The molecular weight excluding hydrogens is 500 g/mol. The number of primary amides is 1. The molecule has 198 valence electrons. The summed E-state index contributed by atoms with van der Waals surface area (Å²) in [6, 6.07) is 13.4. The van der Waals surface area contributed by atoms with Crippen molar-refractivity contribution in [2.75, 3.05) is 7.11 Å². The van der Waals surface area contributed by atoms with E-state index in [0.29, 0.717) is 17.7 Å². The number of aryl methyl sites for hydroxylation is 2. The number of thiophene rings is 1. The summed E-state index contributed by atoms with van der Waals surface area (Å²) in [4.78, 5) is 38.3. The summed E-state index contributed by atoms with van der Waals surface area (Å²) >= 11 is 1.64. The highest BCUT2D eigenvalue weighted by molar-refractivity contribution is 7.12. The van der Waals surface area contributed by atoms with E-state index in [1.807, 2.05) is 37.3 Å². The van der Waals surface area contributed by atoms with Crippen LogP contribution in [0.25, 0.3) is 11.1 Å². The number of hydrogen-bond acceptors (Lipinski definition) is 5. The van der Waals surface area contributed by atoms with Gasteiger partial charge in [0.25, 0.3) is 5.91 Å². The lowest BCUT2D eigenvalue weighted by atomic mass is 9.50. The van der Waals surface area contributed by atoms with E-state index in [1.165, 1.54) is 0 Å². The average Bonchev–Trinajstić information content (AvgIpc) is 3.11. The zero-order valence-corrected chi connectivity index (χ0v) is 22.6. The molecule has 5 rings (SSSR count). The lowest BCUT2D eigenvalue weighted by Crippen LogP contribution is -2.57. The number of methoxy groups -OCH3 is 1. The Bertz CT molecular complexity index is 1410. The Morgan fingerprint density at radius 2 is 1.71 bits per heavy atom. The zero-order valence-electron chi connectivity index (χ0n) is 21.8. The van der Waals surface area contributed by atoms with Crippen molar-refractivity contribution in [1.29, 1.82) is 0 Å². The number of hydrogen-bond donors (Lipinski definition) is 3. The second-order valence-electron chi connectivity index (χ2n) is 10.8. The number of benzene rings is 2. The summed E-state index contributed by atoms with van der Waals surface area (Å²) < 4.78 is 5.33. The van der Waals surface area contributed by atoms with E-state index in [9.17, 15) is 14.4 Å². The monoisotopic (exact) mass is 532 g/mol. The van der Waals surface area contributed by atoms with Gasteiger partial charge in [-0.15, -0.1) is 11.3 Å². The van der Waals surface area contributed by atoms with Crippen LogP contribution in [0.2, 0.25) is 0 Å². The van der Waals surface area contributed by atoms with Crippen LogP contribution in [0, 0.1) is 25.2 Å². The highest BCUT2D eigenvalue weighted by Crippen LogP contribution is 2.58. The number of nitrogens with one attached hydrogen (secondary N) is 1. The molecule has 0 saturated heterocycles. The first-order valence-corrected chi connectivity index (χ1v) is 13.6. The largest absolute Gasteiger partial charge is 0.497 e. The molecule has 0 radical (unpaired) electrons. The average molecular weight is 533 g/mol. The van der Waals surface area contributed by atoms with Crippen LogP contribution in [0.15, 0.2) is 42.5 Å². The van der Waals surface area contributed by atoms with E-state index in [4.69, 9.17) is 15.6 Å². The van der Waals surface area contributed by atoms with Gasteiger partial charge in [0, 0.05) is 21.4 Å². The van der Waals surface area contributed by atoms with Gasteiger partial charge in [0.2, 0.25) is 5.91 Å². The van der Waals surface area contributed by atoms with Crippen LogP contribution in [0.1, 0.15) is 67.3 Å². The van der Waals surface area contributed by atoms with E-state index < -0.39 is 11.9 Å². The molecule has 3 aromatic rings. The van der Waals surface area contributed by atoms with Crippen LogP contribution in [0.4, 0.5) is 0 Å². The zero-order chi connectivity index (χ0) is 27.2. The highest BCUT2D eigenvalue weighted by atomic mass is 32.1. The fourth-order valence-electron chi connectivity index (χ4n) is 6.12. The molecule has 4 N–H and O–H groups in total. The Labute approximate surface area is 226 Å². The molecule has 0 unspecified atom stereocenters. The molecule has 0 bridgehead atoms. The standard InChI is InChI=1S/C30H32N2O5S/c1-16-25(8-18-4-6-19(7-5-18)20-9-21(27(31)33)11-24(10-20)37-3)26(17(2)38-16)28(34)32-23-14-30(15-23)12-22(13-30)29(35)36/h4-7,9-11,22-23H,8,12-15H2,1-3H3,(H2,31,33)(H,32,34)(H,35,36). The van der Waals surface area contributed by atoms with E-state index in [0.717, 1.165) is 63.3 Å². The van der Waals surface area contributed by atoms with Gasteiger partial charge >= 0.3 is 5.97 Å². The van der Waals surface area contributed by atoms with Gasteiger partial charge in [0.15, 0.2) is 0 Å². The summed E-state index contributed by atoms with van der Waals surface area (Å²) in [5.41, 5.74) is 10.6. The Morgan fingerprint density at radius 3 is 2.32 bits per heavy atom. The second kappa shape index (κ2) is 9.91. The van der Waals surface area contributed by atoms with Gasteiger partial charge in [-0.3, -0.25) is 14.4 Å². The molecule has 2 aliphatic rings. The first-order valence-electron chi connectivity index (χ1n) is 12.8. The topological polar surface area (TPSA) is 119 Å². The maximum Gasteiger partial charge on any atom is 0.306 e. The lowest BCUT2D eigenvalue weighted by molar-refractivity contribution is -0.155. The second-order valence-corrected chi connectivity index (χ2v) is 12.2. The van der Waals surface area contributed by atoms with Crippen LogP contribution in [-0.4, -0.2) is 36.0 Å². The molecule has 2 aliphatic carbocycles. The number of carbonyl (C=O) groups is 3. The molecule has 7 nitrogen and oxygen atoms in total. The lowest BCUT2D eigenvalue weighted by Gasteiger charge is -2.56. The number of rotatable bonds is 8. The third-order valence-corrected chi connectivity index (χ3v) is 9.17. The molecule has 2 aromatic carbocycles. The summed E-state index contributed by atoms with van der Waals surface area (Å²) in [6.45, 7) is 4.04. The Balaban J connectivity index is 1.28. The third kappa shape index (κ3) is 4.92. The normalized spacial score (nSPS) is 21.9. The number of carboxylic acids is 1. The maximum absolute atomic E-state index is 13.3. The maximum atomic E-state index is 13.3. The van der Waals surface area contributed by atoms with Gasteiger partial charge in [-0.25, -0.2) is 0 Å². The number of aliphatic carboxylic acids is 1. The summed E-state index contributed by atoms with van der Waals surface area (Å²) in [5, 5.41) is 12.4. The molecule has 1 heterocycles. The van der Waals surface area contributed by atoms with Crippen molar-refractivity contribution in [3.05, 3.63) is 74.5 Å². The molecule has 1 aromatic heterocycles. The molecule has 2 fully saturated rings. The first-order chi connectivity index (χ1) is 18.1. The van der Waals surface area contributed by atoms with Crippen molar-refractivity contribution in [2.24, 2.45) is 17.1 Å². The van der Waals surface area contributed by atoms with Gasteiger partial charge in [0.1, 0.15) is 5.75 Å². The van der Waals surface area contributed by atoms with Crippen molar-refractivity contribution < 1.29 is 24.2 Å². The minimum atomic E-state index is -0.705. The predicted octanol–water partition coefficient (Wildman–Crippen LogP) is 5.10. The van der Waals surface area contributed by atoms with Gasteiger partial charge < -0.3 is 20.9 Å². The number of carboxylic acid groups (broad SMARTS) is 1. The molecular formula is C30H32N2O5S. The van der Waals surface area contributed by atoms with Crippen molar-refractivity contribution in [3.63, 3.8) is 0 Å². The molecule has 2 saturated carbocycles. The number of carbonyl (C=O) groups excluding carboxylic acids is 2. The van der Waals surface area contributed by atoms with Gasteiger partial charge in [-0.2, -0.15) is 0 Å². The molecule has 2 amide bonds. The van der Waals surface area contributed by atoms with Crippen LogP contribution >= 0.6 is 11.3 Å². The summed E-state index contributed by atoms with van der Waals surface area (Å²) in [6.07, 6.45) is 3.82. The van der Waals surface area contributed by atoms with Crippen molar-refractivity contribution in [1.82, 2.24) is 5.32 Å². The van der Waals surface area contributed by atoms with Crippen molar-refractivity contribution >= 4 is 29.1 Å². The fraction of sp³-hybridized carbons (Fsp3) is 0.367. The quantitative estimate of drug-likeness (QED) is 0.373. The fourth-order valence-corrected chi connectivity index (χ4v) is 7.20. The summed E-state index contributed by atoms with van der Waals surface area (Å²) in [7, 11) is 1.55. The van der Waals surface area contributed by atoms with E-state index in [2.05, 4.69) is 12.2 Å². The number of nitrogens with two attached hydrogens (primary N) is 1.